The Labute approximate surface area is 124 Å². The second kappa shape index (κ2) is 6.50. The molecule has 1 aromatic carbocycles. The lowest BCUT2D eigenvalue weighted by Crippen LogP contribution is -2.42. The number of carbonyl (C=O) groups is 1. The molecular weight excluding hydrogens is 272 g/mol. The summed E-state index contributed by atoms with van der Waals surface area (Å²) >= 11 is 1.73. The van der Waals surface area contributed by atoms with Crippen molar-refractivity contribution in [2.75, 3.05) is 36.5 Å². The first-order valence-electron chi connectivity index (χ1n) is 6.93. The summed E-state index contributed by atoms with van der Waals surface area (Å²) in [6.45, 7) is 3.34. The number of aliphatic hydroxyl groups is 1. The Morgan fingerprint density at radius 3 is 2.70 bits per heavy atom. The molecule has 5 heteroatoms. The summed E-state index contributed by atoms with van der Waals surface area (Å²) in [4.78, 5) is 14.2. The monoisotopic (exact) mass is 294 g/mol. The van der Waals surface area contributed by atoms with Gasteiger partial charge in [-0.3, -0.25) is 4.79 Å². The first kappa shape index (κ1) is 15.2. The van der Waals surface area contributed by atoms with E-state index in [4.69, 9.17) is 0 Å². The van der Waals surface area contributed by atoms with Crippen molar-refractivity contribution < 1.29 is 9.90 Å². The fraction of sp³-hybridized carbons (Fsp3) is 0.533. The van der Waals surface area contributed by atoms with E-state index >= 15 is 0 Å². The molecule has 1 aliphatic rings. The normalized spacial score (nSPS) is 21.8. The fourth-order valence-corrected chi connectivity index (χ4v) is 3.43. The number of benzene rings is 1. The summed E-state index contributed by atoms with van der Waals surface area (Å²) in [5.41, 5.74) is 0.991. The number of hydrogen-bond donors (Lipinski definition) is 2. The van der Waals surface area contributed by atoms with E-state index in [0.29, 0.717) is 17.9 Å². The molecule has 0 spiro atoms. The first-order valence-corrected chi connectivity index (χ1v) is 8.09. The van der Waals surface area contributed by atoms with Crippen LogP contribution in [0, 0.1) is 0 Å². The zero-order chi connectivity index (χ0) is 14.6. The van der Waals surface area contributed by atoms with Gasteiger partial charge in [0.15, 0.2) is 0 Å². The van der Waals surface area contributed by atoms with Gasteiger partial charge in [-0.05, 0) is 43.4 Å². The van der Waals surface area contributed by atoms with Crippen LogP contribution >= 0.6 is 11.8 Å². The number of amides is 1. The second-order valence-electron chi connectivity index (χ2n) is 5.27. The van der Waals surface area contributed by atoms with E-state index in [9.17, 15) is 9.90 Å². The maximum Gasteiger partial charge on any atom is 0.251 e. The molecule has 2 rings (SSSR count). The van der Waals surface area contributed by atoms with E-state index in [1.54, 1.807) is 11.8 Å². The van der Waals surface area contributed by atoms with E-state index in [2.05, 4.69) is 17.1 Å². The molecule has 0 aromatic heterocycles. The van der Waals surface area contributed by atoms with E-state index < -0.39 is 5.60 Å². The number of nitrogens with zero attached hydrogens (tertiary/aromatic N) is 1. The first-order chi connectivity index (χ1) is 9.54. The average Bonchev–Trinajstić information content (AvgIpc) is 2.91. The van der Waals surface area contributed by atoms with Crippen molar-refractivity contribution in [1.82, 2.24) is 5.32 Å². The highest BCUT2D eigenvalue weighted by Crippen LogP contribution is 2.27. The van der Waals surface area contributed by atoms with Gasteiger partial charge in [0, 0.05) is 37.1 Å². The molecule has 1 aromatic rings. The molecule has 110 valence electrons. The van der Waals surface area contributed by atoms with Crippen LogP contribution < -0.4 is 10.2 Å². The Hall–Kier alpha value is -1.20. The lowest BCUT2D eigenvalue weighted by atomic mass is 10.0. The van der Waals surface area contributed by atoms with Crippen LogP contribution in [0.25, 0.3) is 0 Å². The average molecular weight is 294 g/mol. The zero-order valence-corrected chi connectivity index (χ0v) is 12.9. The maximum atomic E-state index is 12.1. The molecule has 2 N–H and O–H groups in total. The van der Waals surface area contributed by atoms with Crippen LogP contribution in [-0.2, 0) is 0 Å². The third kappa shape index (κ3) is 3.67. The highest BCUT2D eigenvalue weighted by molar-refractivity contribution is 7.99. The summed E-state index contributed by atoms with van der Waals surface area (Å²) in [5, 5.41) is 13.0. The Balaban J connectivity index is 1.92. The van der Waals surface area contributed by atoms with Crippen LogP contribution in [0.5, 0.6) is 0 Å². The fourth-order valence-electron chi connectivity index (χ4n) is 2.13. The zero-order valence-electron chi connectivity index (χ0n) is 12.1. The van der Waals surface area contributed by atoms with Gasteiger partial charge in [0.05, 0.1) is 5.60 Å². The van der Waals surface area contributed by atoms with Crippen LogP contribution in [0.3, 0.4) is 0 Å². The van der Waals surface area contributed by atoms with Gasteiger partial charge >= 0.3 is 0 Å². The van der Waals surface area contributed by atoms with Gasteiger partial charge in [0.25, 0.3) is 5.91 Å². The van der Waals surface area contributed by atoms with Crippen LogP contribution in [0.15, 0.2) is 24.3 Å². The quantitative estimate of drug-likeness (QED) is 0.868. The summed E-state index contributed by atoms with van der Waals surface area (Å²) in [6, 6.07) is 7.53. The molecule has 0 bridgehead atoms. The minimum atomic E-state index is -0.733. The van der Waals surface area contributed by atoms with Gasteiger partial charge < -0.3 is 15.3 Å². The molecule has 1 amide bonds. The van der Waals surface area contributed by atoms with E-state index in [-0.39, 0.29) is 5.91 Å². The summed E-state index contributed by atoms with van der Waals surface area (Å²) < 4.78 is 0. The minimum absolute atomic E-state index is 0.124. The molecule has 0 saturated carbocycles. The smallest absolute Gasteiger partial charge is 0.251 e. The lowest BCUT2D eigenvalue weighted by molar-refractivity contribution is 0.0612. The number of anilines is 1. The van der Waals surface area contributed by atoms with Crippen LogP contribution in [0.4, 0.5) is 5.69 Å². The molecule has 1 fully saturated rings. The second-order valence-corrected chi connectivity index (χ2v) is 6.38. The van der Waals surface area contributed by atoms with Crippen molar-refractivity contribution in [3.05, 3.63) is 29.8 Å². The number of thioether (sulfide) groups is 1. The summed E-state index contributed by atoms with van der Waals surface area (Å²) in [6.07, 6.45) is 0.748. The molecule has 1 saturated heterocycles. The van der Waals surface area contributed by atoms with Gasteiger partial charge in [0.1, 0.15) is 0 Å². The molecule has 1 atom stereocenters. The molecule has 0 aliphatic carbocycles. The van der Waals surface area contributed by atoms with E-state index in [1.165, 1.54) is 0 Å². The number of nitrogens with one attached hydrogen (secondary N) is 1. The van der Waals surface area contributed by atoms with Crippen LogP contribution in [0.2, 0.25) is 0 Å². The molecule has 1 unspecified atom stereocenters. The number of hydrogen-bond acceptors (Lipinski definition) is 4. The predicted molar refractivity (Wildman–Crippen MR) is 84.6 cm³/mol. The summed E-state index contributed by atoms with van der Waals surface area (Å²) in [5.74, 6) is 1.54. The standard InChI is InChI=1S/C15H22N2O2S/c1-3-17(2)13-6-4-12(5-7-13)14(18)16-10-15(19)8-9-20-11-15/h4-7,19H,3,8-11H2,1-2H3,(H,16,18). The molecule has 4 nitrogen and oxygen atoms in total. The van der Waals surface area contributed by atoms with Crippen molar-refractivity contribution in [1.29, 1.82) is 0 Å². The van der Waals surface area contributed by atoms with Gasteiger partial charge in [0.2, 0.25) is 0 Å². The summed E-state index contributed by atoms with van der Waals surface area (Å²) in [7, 11) is 2.02. The molecule has 1 aliphatic heterocycles. The van der Waals surface area contributed by atoms with Gasteiger partial charge in [-0.25, -0.2) is 0 Å². The largest absolute Gasteiger partial charge is 0.387 e. The van der Waals surface area contributed by atoms with E-state index in [0.717, 1.165) is 24.4 Å². The molecular formula is C15H22N2O2S. The SMILES string of the molecule is CCN(C)c1ccc(C(=O)NCC2(O)CCSC2)cc1. The third-order valence-corrected chi connectivity index (χ3v) is 4.94. The molecule has 20 heavy (non-hydrogen) atoms. The predicted octanol–water partition coefficient (Wildman–Crippen LogP) is 1.74. The Morgan fingerprint density at radius 1 is 1.45 bits per heavy atom. The molecule has 0 radical (unpaired) electrons. The Kier molecular flexibility index (Phi) is 4.94. The molecule has 1 heterocycles. The van der Waals surface area contributed by atoms with Crippen molar-refractivity contribution in [3.63, 3.8) is 0 Å². The van der Waals surface area contributed by atoms with Gasteiger partial charge in [-0.2, -0.15) is 11.8 Å². The number of carbonyl (C=O) groups excluding carboxylic acids is 1. The number of rotatable bonds is 5. The van der Waals surface area contributed by atoms with Crippen LogP contribution in [-0.4, -0.2) is 48.3 Å². The van der Waals surface area contributed by atoms with Gasteiger partial charge in [-0.15, -0.1) is 0 Å². The van der Waals surface area contributed by atoms with Crippen molar-refractivity contribution >= 4 is 23.4 Å². The highest BCUT2D eigenvalue weighted by Gasteiger charge is 2.31. The van der Waals surface area contributed by atoms with Crippen molar-refractivity contribution in [2.24, 2.45) is 0 Å². The van der Waals surface area contributed by atoms with Gasteiger partial charge in [-0.1, -0.05) is 0 Å². The van der Waals surface area contributed by atoms with Crippen molar-refractivity contribution in [3.8, 4) is 0 Å². The Morgan fingerprint density at radius 2 is 2.15 bits per heavy atom. The minimum Gasteiger partial charge on any atom is -0.387 e. The van der Waals surface area contributed by atoms with E-state index in [1.807, 2.05) is 31.3 Å². The highest BCUT2D eigenvalue weighted by atomic mass is 32.2. The van der Waals surface area contributed by atoms with Crippen LogP contribution in [0.1, 0.15) is 23.7 Å². The topological polar surface area (TPSA) is 52.6 Å². The lowest BCUT2D eigenvalue weighted by Gasteiger charge is -2.21. The Bertz CT molecular complexity index is 455. The maximum absolute atomic E-state index is 12.1. The van der Waals surface area contributed by atoms with Crippen molar-refractivity contribution in [2.45, 2.75) is 18.9 Å². The third-order valence-electron chi connectivity index (χ3n) is 3.71.